The molecule has 25 heavy (non-hydrogen) atoms. The lowest BCUT2D eigenvalue weighted by molar-refractivity contribution is -0.135. The molecular weight excluding hydrogens is 332 g/mol. The number of carbonyl (C=O) groups excluding carboxylic acids is 1. The van der Waals surface area contributed by atoms with E-state index >= 15 is 0 Å². The average molecular weight is 354 g/mol. The number of rotatable bonds is 4. The predicted molar refractivity (Wildman–Crippen MR) is 98.7 cm³/mol. The highest BCUT2D eigenvalue weighted by atomic mass is 32.1. The summed E-state index contributed by atoms with van der Waals surface area (Å²) in [6.07, 6.45) is 8.28. The van der Waals surface area contributed by atoms with Crippen molar-refractivity contribution in [2.45, 2.75) is 45.1 Å². The number of imidazole rings is 1. The molecule has 1 saturated heterocycles. The minimum Gasteiger partial charge on any atom is -0.334 e. The lowest BCUT2D eigenvalue weighted by atomic mass is 9.98. The van der Waals surface area contributed by atoms with Crippen LogP contribution in [0.4, 0.5) is 0 Å². The highest BCUT2D eigenvalue weighted by Gasteiger charge is 2.29. The van der Waals surface area contributed by atoms with Crippen molar-refractivity contribution in [1.82, 2.24) is 19.3 Å². The summed E-state index contributed by atoms with van der Waals surface area (Å²) in [6.45, 7) is 2.89. The summed E-state index contributed by atoms with van der Waals surface area (Å²) >= 11 is 1.72. The predicted octanol–water partition coefficient (Wildman–Crippen LogP) is 3.79. The van der Waals surface area contributed by atoms with E-state index in [0.29, 0.717) is 12.2 Å². The monoisotopic (exact) mass is 354 g/mol. The number of nitrogens with zero attached hydrogens (tertiary/aromatic N) is 4. The Balaban J connectivity index is 1.56. The molecule has 1 amide bonds. The molecule has 1 aliphatic heterocycles. The summed E-state index contributed by atoms with van der Waals surface area (Å²) in [5.41, 5.74) is 2.08. The van der Waals surface area contributed by atoms with Gasteiger partial charge in [-0.1, -0.05) is 6.07 Å². The number of thiophene rings is 1. The molecule has 0 bridgehead atoms. The minimum atomic E-state index is 0.0741. The number of amides is 1. The molecule has 0 radical (unpaired) electrons. The Morgan fingerprint density at radius 3 is 3.16 bits per heavy atom. The van der Waals surface area contributed by atoms with E-state index < -0.39 is 0 Å². The van der Waals surface area contributed by atoms with Gasteiger partial charge in [0.15, 0.2) is 0 Å². The van der Waals surface area contributed by atoms with Crippen LogP contribution in [0.1, 0.15) is 48.0 Å². The van der Waals surface area contributed by atoms with Crippen LogP contribution in [0.25, 0.3) is 5.78 Å². The summed E-state index contributed by atoms with van der Waals surface area (Å²) in [5, 5.41) is 2.07. The Labute approximate surface area is 151 Å². The van der Waals surface area contributed by atoms with E-state index in [-0.39, 0.29) is 11.9 Å². The summed E-state index contributed by atoms with van der Waals surface area (Å²) in [7, 11) is 0. The summed E-state index contributed by atoms with van der Waals surface area (Å²) in [4.78, 5) is 25.2. The highest BCUT2D eigenvalue weighted by Crippen LogP contribution is 2.31. The van der Waals surface area contributed by atoms with Crippen molar-refractivity contribution in [2.24, 2.45) is 0 Å². The van der Waals surface area contributed by atoms with Gasteiger partial charge in [0.25, 0.3) is 0 Å². The minimum absolute atomic E-state index is 0.0741. The maximum absolute atomic E-state index is 12.9. The Bertz CT molecular complexity index is 871. The molecule has 3 aromatic rings. The van der Waals surface area contributed by atoms with Gasteiger partial charge < -0.3 is 4.90 Å². The summed E-state index contributed by atoms with van der Waals surface area (Å²) in [5.74, 6) is 0.951. The van der Waals surface area contributed by atoms with Gasteiger partial charge >= 0.3 is 0 Å². The van der Waals surface area contributed by atoms with Crippen LogP contribution in [-0.2, 0) is 11.2 Å². The quantitative estimate of drug-likeness (QED) is 0.716. The number of carbonyl (C=O) groups is 1. The van der Waals surface area contributed by atoms with E-state index in [2.05, 4.69) is 29.4 Å². The number of likely N-dealkylation sites (tertiary alicyclic amines) is 1. The van der Waals surface area contributed by atoms with Crippen LogP contribution in [0, 0.1) is 6.92 Å². The van der Waals surface area contributed by atoms with Gasteiger partial charge in [-0.05, 0) is 50.1 Å². The summed E-state index contributed by atoms with van der Waals surface area (Å²) in [6, 6.07) is 6.32. The van der Waals surface area contributed by atoms with Gasteiger partial charge in [-0.15, -0.1) is 11.3 Å². The van der Waals surface area contributed by atoms with Crippen molar-refractivity contribution in [3.63, 3.8) is 0 Å². The largest absolute Gasteiger partial charge is 0.334 e. The third-order valence-electron chi connectivity index (χ3n) is 4.92. The van der Waals surface area contributed by atoms with E-state index in [1.807, 2.05) is 21.6 Å². The van der Waals surface area contributed by atoms with Gasteiger partial charge in [-0.25, -0.2) is 9.97 Å². The molecule has 0 saturated carbocycles. The third-order valence-corrected chi connectivity index (χ3v) is 5.85. The molecule has 0 spiro atoms. The van der Waals surface area contributed by atoms with Gasteiger partial charge in [0, 0.05) is 35.9 Å². The topological polar surface area (TPSA) is 50.5 Å². The number of piperidine rings is 1. The first-order chi connectivity index (χ1) is 12.2. The van der Waals surface area contributed by atoms with Gasteiger partial charge in [0.05, 0.1) is 11.7 Å². The van der Waals surface area contributed by atoms with Crippen LogP contribution in [0.3, 0.4) is 0 Å². The fourth-order valence-electron chi connectivity index (χ4n) is 3.62. The Hall–Kier alpha value is -2.21. The van der Waals surface area contributed by atoms with E-state index in [0.717, 1.165) is 43.6 Å². The van der Waals surface area contributed by atoms with Gasteiger partial charge in [-0.3, -0.25) is 9.20 Å². The van der Waals surface area contributed by atoms with Crippen LogP contribution < -0.4 is 0 Å². The third kappa shape index (κ3) is 3.31. The van der Waals surface area contributed by atoms with E-state index in [1.165, 1.54) is 4.88 Å². The van der Waals surface area contributed by atoms with Crippen molar-refractivity contribution in [1.29, 1.82) is 0 Å². The number of aromatic nitrogens is 3. The van der Waals surface area contributed by atoms with Crippen molar-refractivity contribution < 1.29 is 4.79 Å². The second kappa shape index (κ2) is 6.96. The Kier molecular flexibility index (Phi) is 4.53. The van der Waals surface area contributed by atoms with Gasteiger partial charge in [0.2, 0.25) is 11.7 Å². The molecular formula is C19H22N4OS. The lowest BCUT2D eigenvalue weighted by Crippen LogP contribution is -2.39. The van der Waals surface area contributed by atoms with Crippen molar-refractivity contribution >= 4 is 23.0 Å². The van der Waals surface area contributed by atoms with Crippen LogP contribution in [0.15, 0.2) is 36.0 Å². The molecule has 0 aliphatic carbocycles. The zero-order chi connectivity index (χ0) is 17.2. The molecule has 130 valence electrons. The fraction of sp³-hybridized carbons (Fsp3) is 0.421. The van der Waals surface area contributed by atoms with E-state index in [1.54, 1.807) is 17.5 Å². The molecule has 3 aromatic heterocycles. The molecule has 0 unspecified atom stereocenters. The first kappa shape index (κ1) is 16.3. The number of fused-ring (bicyclic) bond motifs is 1. The molecule has 6 heteroatoms. The number of hydrogen-bond acceptors (Lipinski definition) is 4. The van der Waals surface area contributed by atoms with Gasteiger partial charge in [0.1, 0.15) is 0 Å². The molecule has 0 N–H and O–H groups in total. The Morgan fingerprint density at radius 1 is 1.40 bits per heavy atom. The molecule has 1 fully saturated rings. The van der Waals surface area contributed by atoms with Crippen molar-refractivity contribution in [2.75, 3.05) is 6.54 Å². The van der Waals surface area contributed by atoms with E-state index in [9.17, 15) is 4.79 Å². The van der Waals surface area contributed by atoms with Crippen LogP contribution in [-0.4, -0.2) is 31.7 Å². The number of aryl methyl sites for hydroxylation is 2. The molecule has 4 rings (SSSR count). The molecule has 1 atom stereocenters. The zero-order valence-electron chi connectivity index (χ0n) is 14.4. The maximum atomic E-state index is 12.9. The summed E-state index contributed by atoms with van der Waals surface area (Å²) < 4.78 is 1.98. The smallest absolute Gasteiger partial charge is 0.234 e. The lowest BCUT2D eigenvalue weighted by Gasteiger charge is -2.35. The van der Waals surface area contributed by atoms with Crippen LogP contribution in [0.5, 0.6) is 0 Å². The normalized spacial score (nSPS) is 18.0. The van der Waals surface area contributed by atoms with Crippen LogP contribution >= 0.6 is 11.3 Å². The SMILES string of the molecule is Cc1cc([C@H]2CCCCN2C(=O)CCc2cccs2)nc2nccn12. The fourth-order valence-corrected chi connectivity index (χ4v) is 4.33. The highest BCUT2D eigenvalue weighted by molar-refractivity contribution is 7.09. The Morgan fingerprint density at radius 2 is 2.32 bits per heavy atom. The average Bonchev–Trinajstić information content (AvgIpc) is 3.31. The molecule has 1 aliphatic rings. The molecule has 4 heterocycles. The molecule has 0 aromatic carbocycles. The standard InChI is InChI=1S/C19H22N4OS/c1-14-13-16(21-19-20-9-11-22(14)19)17-6-2-3-10-23(17)18(24)8-7-15-5-4-12-25-15/h4-5,9,11-13,17H,2-3,6-8,10H2,1H3/t17-/m1/s1. The zero-order valence-corrected chi connectivity index (χ0v) is 15.2. The number of hydrogen-bond donors (Lipinski definition) is 0. The van der Waals surface area contributed by atoms with Crippen LogP contribution in [0.2, 0.25) is 0 Å². The van der Waals surface area contributed by atoms with Crippen molar-refractivity contribution in [3.05, 3.63) is 52.2 Å². The van der Waals surface area contributed by atoms with Gasteiger partial charge in [-0.2, -0.15) is 0 Å². The first-order valence-corrected chi connectivity index (χ1v) is 9.73. The van der Waals surface area contributed by atoms with E-state index in [4.69, 9.17) is 4.98 Å². The second-order valence-corrected chi connectivity index (χ2v) is 7.63. The van der Waals surface area contributed by atoms with Crippen molar-refractivity contribution in [3.8, 4) is 0 Å². The second-order valence-electron chi connectivity index (χ2n) is 6.60. The maximum Gasteiger partial charge on any atom is 0.234 e. The molecule has 5 nitrogen and oxygen atoms in total. The first-order valence-electron chi connectivity index (χ1n) is 8.85.